The second-order valence-corrected chi connectivity index (χ2v) is 6.19. The van der Waals surface area contributed by atoms with Gasteiger partial charge in [-0.2, -0.15) is 0 Å². The van der Waals surface area contributed by atoms with Crippen molar-refractivity contribution < 1.29 is 9.47 Å². The molecule has 2 heterocycles. The molecule has 1 atom stereocenters. The second-order valence-electron chi connectivity index (χ2n) is 6.19. The molecule has 0 radical (unpaired) electrons. The van der Waals surface area contributed by atoms with Crippen molar-refractivity contribution in [1.82, 2.24) is 4.90 Å². The van der Waals surface area contributed by atoms with Crippen molar-refractivity contribution in [2.24, 2.45) is 5.92 Å². The largest absolute Gasteiger partial charge is 0.381 e. The normalized spacial score (nSPS) is 28.8. The molecule has 0 spiro atoms. The summed E-state index contributed by atoms with van der Waals surface area (Å²) in [4.78, 5) is 2.58. The molecule has 0 N–H and O–H groups in total. The third-order valence-electron chi connectivity index (χ3n) is 4.50. The molecule has 0 aromatic carbocycles. The lowest BCUT2D eigenvalue weighted by atomic mass is 9.94. The van der Waals surface area contributed by atoms with Crippen LogP contribution < -0.4 is 0 Å². The van der Waals surface area contributed by atoms with Gasteiger partial charge in [-0.1, -0.05) is 0 Å². The zero-order valence-corrected chi connectivity index (χ0v) is 11.7. The van der Waals surface area contributed by atoms with Crippen LogP contribution in [0.1, 0.15) is 39.5 Å². The van der Waals surface area contributed by atoms with Gasteiger partial charge >= 0.3 is 0 Å². The average molecular weight is 251 g/mol. The van der Waals surface area contributed by atoms with Gasteiger partial charge in [0.05, 0.1) is 25.9 Å². The highest BCUT2D eigenvalue weighted by atomic mass is 16.5. The maximum Gasteiger partial charge on any atom is 0.0632 e. The molecule has 2 aliphatic heterocycles. The molecule has 3 heteroatoms. The third-order valence-corrected chi connectivity index (χ3v) is 4.50. The van der Waals surface area contributed by atoms with Crippen LogP contribution in [0.5, 0.6) is 0 Å². The first-order valence-corrected chi connectivity index (χ1v) is 7.41. The Labute approximate surface area is 110 Å². The van der Waals surface area contributed by atoms with Gasteiger partial charge in [0.25, 0.3) is 0 Å². The van der Waals surface area contributed by atoms with Gasteiger partial charge in [-0.25, -0.2) is 0 Å². The van der Waals surface area contributed by atoms with E-state index in [1.165, 1.54) is 25.8 Å². The van der Waals surface area contributed by atoms with Crippen LogP contribution in [0.15, 0.2) is 11.3 Å². The lowest BCUT2D eigenvalue weighted by Crippen LogP contribution is -2.35. The standard InChI is InChI=1S/C15H25NO2/c1-11(2)16-6-5-13-3-4-14(7-15(13)16)18-10-12-8-17-9-12/h11-12,14H,3-10H2,1-2H3. The fourth-order valence-electron chi connectivity index (χ4n) is 3.29. The van der Waals surface area contributed by atoms with E-state index >= 15 is 0 Å². The van der Waals surface area contributed by atoms with Crippen molar-refractivity contribution in [1.29, 1.82) is 0 Å². The van der Waals surface area contributed by atoms with Gasteiger partial charge in [-0.05, 0) is 38.7 Å². The molecule has 0 aromatic rings. The van der Waals surface area contributed by atoms with E-state index in [4.69, 9.17) is 9.47 Å². The molecule has 0 saturated carbocycles. The molecule has 102 valence electrons. The molecular weight excluding hydrogens is 226 g/mol. The van der Waals surface area contributed by atoms with Crippen LogP contribution in [0, 0.1) is 5.92 Å². The molecule has 3 nitrogen and oxygen atoms in total. The number of nitrogens with zero attached hydrogens (tertiary/aromatic N) is 1. The van der Waals surface area contributed by atoms with E-state index in [1.807, 2.05) is 0 Å². The first-order chi connectivity index (χ1) is 8.74. The predicted molar refractivity (Wildman–Crippen MR) is 71.4 cm³/mol. The van der Waals surface area contributed by atoms with Crippen LogP contribution in [0.2, 0.25) is 0 Å². The van der Waals surface area contributed by atoms with E-state index in [0.717, 1.165) is 26.2 Å². The fraction of sp³-hybridized carbons (Fsp3) is 0.867. The van der Waals surface area contributed by atoms with Crippen LogP contribution in [-0.4, -0.2) is 43.4 Å². The topological polar surface area (TPSA) is 21.7 Å². The SMILES string of the molecule is CC(C)N1CCC2=C1CC(OCC1COC1)CC2. The molecule has 3 rings (SSSR count). The lowest BCUT2D eigenvalue weighted by molar-refractivity contribution is -0.0894. The highest BCUT2D eigenvalue weighted by Crippen LogP contribution is 2.37. The Hall–Kier alpha value is -0.540. The number of rotatable bonds is 4. The number of ether oxygens (including phenoxy) is 2. The fourth-order valence-corrected chi connectivity index (χ4v) is 3.29. The Morgan fingerprint density at radius 1 is 1.33 bits per heavy atom. The summed E-state index contributed by atoms with van der Waals surface area (Å²) >= 11 is 0. The minimum absolute atomic E-state index is 0.448. The predicted octanol–water partition coefficient (Wildman–Crippen LogP) is 2.57. The zero-order valence-electron chi connectivity index (χ0n) is 11.7. The molecule has 1 fully saturated rings. The molecule has 18 heavy (non-hydrogen) atoms. The highest BCUT2D eigenvalue weighted by molar-refractivity contribution is 5.23. The summed E-state index contributed by atoms with van der Waals surface area (Å²) in [5.74, 6) is 0.658. The Bertz CT molecular complexity index is 333. The molecule has 1 saturated heterocycles. The maximum absolute atomic E-state index is 6.08. The van der Waals surface area contributed by atoms with Crippen molar-refractivity contribution >= 4 is 0 Å². The smallest absolute Gasteiger partial charge is 0.0632 e. The van der Waals surface area contributed by atoms with E-state index in [9.17, 15) is 0 Å². The third kappa shape index (κ3) is 2.43. The maximum atomic E-state index is 6.08. The van der Waals surface area contributed by atoms with Crippen LogP contribution in [0.25, 0.3) is 0 Å². The van der Waals surface area contributed by atoms with Crippen molar-refractivity contribution in [3.05, 3.63) is 11.3 Å². The summed E-state index contributed by atoms with van der Waals surface area (Å²) in [5, 5.41) is 0. The van der Waals surface area contributed by atoms with Gasteiger partial charge in [0.1, 0.15) is 0 Å². The second kappa shape index (κ2) is 5.22. The zero-order chi connectivity index (χ0) is 12.5. The summed E-state index contributed by atoms with van der Waals surface area (Å²) in [7, 11) is 0. The Kier molecular flexibility index (Phi) is 3.62. The van der Waals surface area contributed by atoms with Gasteiger partial charge in [-0.15, -0.1) is 0 Å². The minimum atomic E-state index is 0.448. The van der Waals surface area contributed by atoms with Gasteiger partial charge in [0, 0.05) is 30.6 Å². The molecular formula is C15H25NO2. The molecule has 1 unspecified atom stereocenters. The summed E-state index contributed by atoms with van der Waals surface area (Å²) in [6.07, 6.45) is 5.35. The van der Waals surface area contributed by atoms with E-state index in [-0.39, 0.29) is 0 Å². The molecule has 0 amide bonds. The van der Waals surface area contributed by atoms with Gasteiger partial charge in [-0.3, -0.25) is 0 Å². The van der Waals surface area contributed by atoms with Crippen LogP contribution >= 0.6 is 0 Å². The van der Waals surface area contributed by atoms with Crippen LogP contribution in [-0.2, 0) is 9.47 Å². The number of hydrogen-bond donors (Lipinski definition) is 0. The molecule has 3 aliphatic rings. The van der Waals surface area contributed by atoms with Crippen LogP contribution in [0.3, 0.4) is 0 Å². The van der Waals surface area contributed by atoms with Gasteiger partial charge in [0.15, 0.2) is 0 Å². The van der Waals surface area contributed by atoms with Crippen molar-refractivity contribution in [3.63, 3.8) is 0 Å². The Morgan fingerprint density at radius 3 is 2.83 bits per heavy atom. The summed E-state index contributed by atoms with van der Waals surface area (Å²) in [6, 6.07) is 0.635. The van der Waals surface area contributed by atoms with Crippen LogP contribution in [0.4, 0.5) is 0 Å². The first-order valence-electron chi connectivity index (χ1n) is 7.41. The van der Waals surface area contributed by atoms with E-state index in [0.29, 0.717) is 18.1 Å². The van der Waals surface area contributed by atoms with E-state index in [1.54, 1.807) is 11.3 Å². The number of hydrogen-bond acceptors (Lipinski definition) is 3. The van der Waals surface area contributed by atoms with Crippen molar-refractivity contribution in [2.75, 3.05) is 26.4 Å². The summed E-state index contributed by atoms with van der Waals surface area (Å²) in [5.41, 5.74) is 3.31. The Morgan fingerprint density at radius 2 is 2.17 bits per heavy atom. The molecule has 0 bridgehead atoms. The monoisotopic (exact) mass is 251 g/mol. The summed E-state index contributed by atoms with van der Waals surface area (Å²) < 4.78 is 11.3. The first kappa shape index (κ1) is 12.5. The van der Waals surface area contributed by atoms with E-state index < -0.39 is 0 Å². The highest BCUT2D eigenvalue weighted by Gasteiger charge is 2.31. The average Bonchev–Trinajstić information content (AvgIpc) is 2.69. The Balaban J connectivity index is 1.55. The van der Waals surface area contributed by atoms with Crippen molar-refractivity contribution in [2.45, 2.75) is 51.7 Å². The minimum Gasteiger partial charge on any atom is -0.381 e. The van der Waals surface area contributed by atoms with E-state index in [2.05, 4.69) is 18.7 Å². The quantitative estimate of drug-likeness (QED) is 0.766. The summed E-state index contributed by atoms with van der Waals surface area (Å²) in [6.45, 7) is 8.52. The lowest BCUT2D eigenvalue weighted by Gasteiger charge is -2.33. The van der Waals surface area contributed by atoms with Gasteiger partial charge < -0.3 is 14.4 Å². The van der Waals surface area contributed by atoms with Crippen molar-refractivity contribution in [3.8, 4) is 0 Å². The van der Waals surface area contributed by atoms with Gasteiger partial charge in [0.2, 0.25) is 0 Å². The molecule has 0 aromatic heterocycles. The molecule has 1 aliphatic carbocycles.